The van der Waals surface area contributed by atoms with E-state index in [1.54, 1.807) is 6.20 Å². The molecule has 0 saturated carbocycles. The molecule has 0 spiro atoms. The molecule has 2 rings (SSSR count). The van der Waals surface area contributed by atoms with E-state index in [1.807, 2.05) is 12.1 Å². The Kier molecular flexibility index (Phi) is 8.98. The summed E-state index contributed by atoms with van der Waals surface area (Å²) >= 11 is 6.23. The van der Waals surface area contributed by atoms with Gasteiger partial charge in [0.05, 0.1) is 5.02 Å². The Bertz CT molecular complexity index is 509. The number of nitrogens with one attached hydrogen (secondary N) is 2. The number of halogens is 2. The zero-order valence-corrected chi connectivity index (χ0v) is 17.1. The monoisotopic (exact) mass is 451 g/mol. The number of nitrogens with zero attached hydrogens (tertiary/aromatic N) is 3. The van der Waals surface area contributed by atoms with E-state index in [0.717, 1.165) is 44.4 Å². The van der Waals surface area contributed by atoms with Crippen LogP contribution in [0, 0.1) is 5.92 Å². The van der Waals surface area contributed by atoms with Crippen molar-refractivity contribution in [3.05, 3.63) is 23.4 Å². The lowest BCUT2D eigenvalue weighted by Crippen LogP contribution is -2.44. The van der Waals surface area contributed by atoms with Gasteiger partial charge in [-0.1, -0.05) is 25.4 Å². The highest BCUT2D eigenvalue weighted by molar-refractivity contribution is 14.0. The van der Waals surface area contributed by atoms with Gasteiger partial charge >= 0.3 is 0 Å². The van der Waals surface area contributed by atoms with Crippen molar-refractivity contribution in [1.82, 2.24) is 15.6 Å². The summed E-state index contributed by atoms with van der Waals surface area (Å²) in [5, 5.41) is 7.54. The third kappa shape index (κ3) is 6.33. The SMILES string of the molecule is CCNC(=NCC(C)C)NC1CCN(c2ncccc2Cl)C1.I. The van der Waals surface area contributed by atoms with Crippen molar-refractivity contribution in [1.29, 1.82) is 0 Å². The minimum Gasteiger partial charge on any atom is -0.357 e. The first-order chi connectivity index (χ1) is 10.6. The Morgan fingerprint density at radius 2 is 2.30 bits per heavy atom. The number of pyridine rings is 1. The highest BCUT2D eigenvalue weighted by atomic mass is 127. The van der Waals surface area contributed by atoms with Gasteiger partial charge in [0, 0.05) is 38.4 Å². The van der Waals surface area contributed by atoms with Gasteiger partial charge in [-0.25, -0.2) is 4.98 Å². The third-order valence-electron chi connectivity index (χ3n) is 3.53. The lowest BCUT2D eigenvalue weighted by atomic mass is 10.2. The van der Waals surface area contributed by atoms with E-state index in [4.69, 9.17) is 11.6 Å². The van der Waals surface area contributed by atoms with Gasteiger partial charge in [-0.2, -0.15) is 0 Å². The molecule has 1 unspecified atom stereocenters. The second-order valence-corrected chi connectivity index (χ2v) is 6.41. The van der Waals surface area contributed by atoms with Crippen molar-refractivity contribution in [3.63, 3.8) is 0 Å². The molecular weight excluding hydrogens is 425 g/mol. The molecule has 0 aromatic carbocycles. The molecule has 2 N–H and O–H groups in total. The van der Waals surface area contributed by atoms with E-state index in [2.05, 4.69) is 46.3 Å². The Morgan fingerprint density at radius 1 is 1.52 bits per heavy atom. The molecule has 1 aromatic rings. The fourth-order valence-electron chi connectivity index (χ4n) is 2.47. The molecule has 130 valence electrons. The summed E-state index contributed by atoms with van der Waals surface area (Å²) in [5.41, 5.74) is 0. The molecule has 0 aliphatic carbocycles. The molecule has 1 aromatic heterocycles. The Labute approximate surface area is 161 Å². The molecule has 5 nitrogen and oxygen atoms in total. The number of aromatic nitrogens is 1. The Balaban J connectivity index is 0.00000264. The fraction of sp³-hybridized carbons (Fsp3) is 0.625. The van der Waals surface area contributed by atoms with Crippen molar-refractivity contribution in [3.8, 4) is 0 Å². The molecule has 1 atom stereocenters. The van der Waals surface area contributed by atoms with E-state index < -0.39 is 0 Å². The van der Waals surface area contributed by atoms with Crippen molar-refractivity contribution >= 4 is 47.4 Å². The zero-order valence-electron chi connectivity index (χ0n) is 14.1. The van der Waals surface area contributed by atoms with Crippen LogP contribution in [0.25, 0.3) is 0 Å². The van der Waals surface area contributed by atoms with Crippen LogP contribution in [0.3, 0.4) is 0 Å². The minimum atomic E-state index is 0. The highest BCUT2D eigenvalue weighted by Crippen LogP contribution is 2.25. The van der Waals surface area contributed by atoms with Crippen LogP contribution in [0.1, 0.15) is 27.2 Å². The summed E-state index contributed by atoms with van der Waals surface area (Å²) in [5.74, 6) is 2.33. The average molecular weight is 452 g/mol. The van der Waals surface area contributed by atoms with Gasteiger partial charge in [0.2, 0.25) is 0 Å². The third-order valence-corrected chi connectivity index (χ3v) is 3.82. The van der Waals surface area contributed by atoms with Crippen molar-refractivity contribution in [2.24, 2.45) is 10.9 Å². The van der Waals surface area contributed by atoms with Crippen molar-refractivity contribution in [2.45, 2.75) is 33.2 Å². The normalized spacial score (nSPS) is 18.0. The van der Waals surface area contributed by atoms with E-state index >= 15 is 0 Å². The van der Waals surface area contributed by atoms with Gasteiger partial charge in [-0.15, -0.1) is 24.0 Å². The first kappa shape index (κ1) is 20.3. The Hall–Kier alpha value is -0.760. The zero-order chi connectivity index (χ0) is 15.9. The fourth-order valence-corrected chi connectivity index (χ4v) is 2.71. The average Bonchev–Trinajstić information content (AvgIpc) is 2.94. The number of anilines is 1. The second kappa shape index (κ2) is 10.2. The lowest BCUT2D eigenvalue weighted by Gasteiger charge is -2.20. The van der Waals surface area contributed by atoms with E-state index in [-0.39, 0.29) is 24.0 Å². The molecule has 1 fully saturated rings. The lowest BCUT2D eigenvalue weighted by molar-refractivity contribution is 0.628. The van der Waals surface area contributed by atoms with Crippen LogP contribution < -0.4 is 15.5 Å². The van der Waals surface area contributed by atoms with Gasteiger partial charge in [-0.3, -0.25) is 4.99 Å². The molecule has 2 heterocycles. The number of aliphatic imine (C=N–C) groups is 1. The van der Waals surface area contributed by atoms with Crippen LogP contribution in [-0.2, 0) is 0 Å². The summed E-state index contributed by atoms with van der Waals surface area (Å²) < 4.78 is 0. The summed E-state index contributed by atoms with van der Waals surface area (Å²) in [6.07, 6.45) is 2.84. The van der Waals surface area contributed by atoms with Crippen LogP contribution >= 0.6 is 35.6 Å². The summed E-state index contributed by atoms with van der Waals surface area (Å²) in [6.45, 7) is 9.98. The quantitative estimate of drug-likeness (QED) is 0.410. The van der Waals surface area contributed by atoms with Gasteiger partial charge in [0.25, 0.3) is 0 Å². The number of guanidine groups is 1. The van der Waals surface area contributed by atoms with Gasteiger partial charge in [-0.05, 0) is 31.4 Å². The Morgan fingerprint density at radius 3 is 2.96 bits per heavy atom. The second-order valence-electron chi connectivity index (χ2n) is 6.00. The molecule has 0 amide bonds. The topological polar surface area (TPSA) is 52.6 Å². The summed E-state index contributed by atoms with van der Waals surface area (Å²) in [6, 6.07) is 4.11. The molecule has 1 aliphatic rings. The van der Waals surface area contributed by atoms with Crippen molar-refractivity contribution < 1.29 is 0 Å². The maximum absolute atomic E-state index is 6.23. The predicted molar refractivity (Wildman–Crippen MR) is 109 cm³/mol. The molecule has 1 aliphatic heterocycles. The predicted octanol–water partition coefficient (Wildman–Crippen LogP) is 3.14. The molecule has 0 bridgehead atoms. The molecule has 1 saturated heterocycles. The van der Waals surface area contributed by atoms with Crippen LogP contribution in [-0.4, -0.2) is 43.2 Å². The van der Waals surface area contributed by atoms with Gasteiger partial charge in [0.15, 0.2) is 5.96 Å². The molecule has 0 radical (unpaired) electrons. The highest BCUT2D eigenvalue weighted by Gasteiger charge is 2.25. The maximum Gasteiger partial charge on any atom is 0.191 e. The van der Waals surface area contributed by atoms with Crippen LogP contribution in [0.15, 0.2) is 23.3 Å². The van der Waals surface area contributed by atoms with Crippen LogP contribution in [0.4, 0.5) is 5.82 Å². The van der Waals surface area contributed by atoms with Gasteiger partial charge < -0.3 is 15.5 Å². The maximum atomic E-state index is 6.23. The van der Waals surface area contributed by atoms with Crippen LogP contribution in [0.2, 0.25) is 5.02 Å². The van der Waals surface area contributed by atoms with E-state index in [0.29, 0.717) is 17.0 Å². The first-order valence-electron chi connectivity index (χ1n) is 8.00. The largest absolute Gasteiger partial charge is 0.357 e. The standard InChI is InChI=1S/C16H26ClN5.HI/c1-4-18-16(20-10-12(2)3)21-13-7-9-22(11-13)15-14(17)6-5-8-19-15;/h5-6,8,12-13H,4,7,9-11H2,1-3H3,(H2,18,20,21);1H. The van der Waals surface area contributed by atoms with Crippen LogP contribution in [0.5, 0.6) is 0 Å². The summed E-state index contributed by atoms with van der Waals surface area (Å²) in [4.78, 5) is 11.2. The molecule has 7 heteroatoms. The number of hydrogen-bond acceptors (Lipinski definition) is 3. The molecular formula is C16H27ClIN5. The van der Waals surface area contributed by atoms with Crippen molar-refractivity contribution in [2.75, 3.05) is 31.1 Å². The minimum absolute atomic E-state index is 0. The first-order valence-corrected chi connectivity index (χ1v) is 8.38. The number of hydrogen-bond donors (Lipinski definition) is 2. The smallest absolute Gasteiger partial charge is 0.191 e. The van der Waals surface area contributed by atoms with E-state index in [9.17, 15) is 0 Å². The van der Waals surface area contributed by atoms with E-state index in [1.165, 1.54) is 0 Å². The summed E-state index contributed by atoms with van der Waals surface area (Å²) in [7, 11) is 0. The van der Waals surface area contributed by atoms with Gasteiger partial charge in [0.1, 0.15) is 5.82 Å². The molecule has 23 heavy (non-hydrogen) atoms. The number of rotatable bonds is 5.